The predicted molar refractivity (Wildman–Crippen MR) is 69.6 cm³/mol. The lowest BCUT2D eigenvalue weighted by molar-refractivity contribution is -0.130. The van der Waals surface area contributed by atoms with Crippen LogP contribution in [0.25, 0.3) is 0 Å². The van der Waals surface area contributed by atoms with Crippen LogP contribution in [0.15, 0.2) is 30.3 Å². The molecule has 0 radical (unpaired) electrons. The third kappa shape index (κ3) is 2.76. The molecule has 1 heterocycles. The molecule has 1 aliphatic rings. The lowest BCUT2D eigenvalue weighted by Crippen LogP contribution is -2.74. The van der Waals surface area contributed by atoms with Crippen molar-refractivity contribution < 1.29 is 18.5 Å². The van der Waals surface area contributed by atoms with E-state index >= 15 is 0 Å². The van der Waals surface area contributed by atoms with Crippen LogP contribution < -0.4 is 10.6 Å². The van der Waals surface area contributed by atoms with Gasteiger partial charge in [-0.05, 0) is 5.56 Å². The Bertz CT molecular complexity index is 510. The number of β-lactam (4-membered cyclic amide) rings is 1. The third-order valence-corrected chi connectivity index (χ3v) is 4.29. The molecule has 2 unspecified atom stereocenters. The first kappa shape index (κ1) is 13.5. The summed E-state index contributed by atoms with van der Waals surface area (Å²) in [4.78, 5) is 21.7. The average molecular weight is 282 g/mol. The standard InChI is InChI=1S/C12H14N2O4S/c1-19(17)12(8-13-10(12)15)14-11(16)18-7-9-5-3-2-4-6-9/h2-6H,7-8H2,1H3,(H,13,15)(H,14,16). The second kappa shape index (κ2) is 5.40. The quantitative estimate of drug-likeness (QED) is 0.768. The van der Waals surface area contributed by atoms with Gasteiger partial charge in [-0.25, -0.2) is 4.79 Å². The molecule has 2 amide bonds. The maximum atomic E-state index is 11.6. The van der Waals surface area contributed by atoms with Crippen molar-refractivity contribution in [2.24, 2.45) is 0 Å². The van der Waals surface area contributed by atoms with E-state index in [1.807, 2.05) is 30.3 Å². The van der Waals surface area contributed by atoms with Gasteiger partial charge >= 0.3 is 6.09 Å². The highest BCUT2D eigenvalue weighted by atomic mass is 32.2. The van der Waals surface area contributed by atoms with Crippen LogP contribution in [-0.2, 0) is 26.9 Å². The van der Waals surface area contributed by atoms with Gasteiger partial charge in [0.1, 0.15) is 6.61 Å². The fourth-order valence-corrected chi connectivity index (χ4v) is 2.49. The number of carbonyl (C=O) groups excluding carboxylic acids is 2. The number of nitrogens with one attached hydrogen (secondary N) is 2. The van der Waals surface area contributed by atoms with Crippen LogP contribution in [0.4, 0.5) is 4.79 Å². The Hall–Kier alpha value is -1.89. The zero-order valence-corrected chi connectivity index (χ0v) is 11.2. The fourth-order valence-electron chi connectivity index (χ4n) is 1.65. The Balaban J connectivity index is 1.91. The maximum Gasteiger partial charge on any atom is 0.409 e. The lowest BCUT2D eigenvalue weighted by atomic mass is 10.1. The van der Waals surface area contributed by atoms with Crippen LogP contribution in [0.5, 0.6) is 0 Å². The summed E-state index contributed by atoms with van der Waals surface area (Å²) in [5.41, 5.74) is 0.836. The number of amides is 2. The van der Waals surface area contributed by atoms with E-state index in [1.54, 1.807) is 0 Å². The number of carbonyl (C=O) groups is 2. The minimum atomic E-state index is -1.50. The Morgan fingerprint density at radius 1 is 1.47 bits per heavy atom. The van der Waals surface area contributed by atoms with Crippen LogP contribution in [0.2, 0.25) is 0 Å². The largest absolute Gasteiger partial charge is 0.445 e. The predicted octanol–water partition coefficient (Wildman–Crippen LogP) is 0.117. The first-order chi connectivity index (χ1) is 9.04. The third-order valence-electron chi connectivity index (χ3n) is 2.87. The lowest BCUT2D eigenvalue weighted by Gasteiger charge is -2.38. The maximum absolute atomic E-state index is 11.6. The Labute approximate surface area is 113 Å². The molecule has 0 bridgehead atoms. The number of hydrogen-bond donors (Lipinski definition) is 2. The van der Waals surface area contributed by atoms with Crippen molar-refractivity contribution in [2.45, 2.75) is 11.5 Å². The minimum Gasteiger partial charge on any atom is -0.445 e. The molecular formula is C12H14N2O4S. The smallest absolute Gasteiger partial charge is 0.409 e. The van der Waals surface area contributed by atoms with Crippen LogP contribution in [0.3, 0.4) is 0 Å². The van der Waals surface area contributed by atoms with Crippen LogP contribution in [-0.4, -0.2) is 33.9 Å². The molecule has 0 aromatic heterocycles. The van der Waals surface area contributed by atoms with Crippen molar-refractivity contribution in [3.05, 3.63) is 35.9 Å². The molecule has 6 nitrogen and oxygen atoms in total. The molecule has 0 spiro atoms. The molecule has 1 aliphatic heterocycles. The second-order valence-corrected chi connectivity index (χ2v) is 5.76. The molecular weight excluding hydrogens is 268 g/mol. The van der Waals surface area contributed by atoms with Gasteiger partial charge in [-0.3, -0.25) is 14.3 Å². The van der Waals surface area contributed by atoms with Crippen LogP contribution >= 0.6 is 0 Å². The van der Waals surface area contributed by atoms with Crippen LogP contribution in [0, 0.1) is 0 Å². The molecule has 1 aromatic carbocycles. The van der Waals surface area contributed by atoms with Gasteiger partial charge in [-0.2, -0.15) is 0 Å². The number of alkyl carbamates (subject to hydrolysis) is 1. The highest BCUT2D eigenvalue weighted by Gasteiger charge is 2.52. The fraction of sp³-hybridized carbons (Fsp3) is 0.333. The molecule has 2 atom stereocenters. The number of benzene rings is 1. The van der Waals surface area contributed by atoms with Crippen molar-refractivity contribution in [1.29, 1.82) is 0 Å². The monoisotopic (exact) mass is 282 g/mol. The molecule has 0 aliphatic carbocycles. The van der Waals surface area contributed by atoms with Crippen molar-refractivity contribution in [1.82, 2.24) is 10.6 Å². The van der Waals surface area contributed by atoms with E-state index in [2.05, 4.69) is 10.6 Å². The summed E-state index contributed by atoms with van der Waals surface area (Å²) < 4.78 is 16.5. The summed E-state index contributed by atoms with van der Waals surface area (Å²) in [5, 5.41) is 4.83. The van der Waals surface area contributed by atoms with E-state index in [9.17, 15) is 13.8 Å². The van der Waals surface area contributed by atoms with Gasteiger partial charge in [-0.15, -0.1) is 0 Å². The summed E-state index contributed by atoms with van der Waals surface area (Å²) in [5.74, 6) is -0.454. The summed E-state index contributed by atoms with van der Waals surface area (Å²) >= 11 is 0. The van der Waals surface area contributed by atoms with Crippen molar-refractivity contribution in [2.75, 3.05) is 12.8 Å². The Kier molecular flexibility index (Phi) is 3.84. The van der Waals surface area contributed by atoms with Gasteiger partial charge in [0.2, 0.25) is 4.87 Å². The molecule has 7 heteroatoms. The molecule has 1 saturated heterocycles. The minimum absolute atomic E-state index is 0.0979. The zero-order valence-electron chi connectivity index (χ0n) is 10.3. The summed E-state index contributed by atoms with van der Waals surface area (Å²) in [6.45, 7) is 0.246. The highest BCUT2D eigenvalue weighted by molar-refractivity contribution is 7.86. The highest BCUT2D eigenvalue weighted by Crippen LogP contribution is 2.17. The van der Waals surface area contributed by atoms with E-state index < -0.39 is 27.7 Å². The van der Waals surface area contributed by atoms with Crippen LogP contribution in [0.1, 0.15) is 5.56 Å². The van der Waals surface area contributed by atoms with Gasteiger partial charge in [0.05, 0.1) is 17.3 Å². The van der Waals surface area contributed by atoms with E-state index in [4.69, 9.17) is 4.74 Å². The molecule has 1 fully saturated rings. The molecule has 102 valence electrons. The van der Waals surface area contributed by atoms with E-state index in [-0.39, 0.29) is 13.2 Å². The van der Waals surface area contributed by atoms with Gasteiger partial charge in [0.15, 0.2) is 0 Å². The average Bonchev–Trinajstić information content (AvgIpc) is 2.41. The first-order valence-electron chi connectivity index (χ1n) is 5.65. The van der Waals surface area contributed by atoms with Crippen molar-refractivity contribution in [3.63, 3.8) is 0 Å². The van der Waals surface area contributed by atoms with Gasteiger partial charge in [0.25, 0.3) is 5.91 Å². The topological polar surface area (TPSA) is 84.5 Å². The first-order valence-corrected chi connectivity index (χ1v) is 7.21. The molecule has 19 heavy (non-hydrogen) atoms. The number of hydrogen-bond acceptors (Lipinski definition) is 4. The van der Waals surface area contributed by atoms with E-state index in [1.165, 1.54) is 6.26 Å². The zero-order chi connectivity index (χ0) is 13.9. The molecule has 0 saturated carbocycles. The Morgan fingerprint density at radius 3 is 2.63 bits per heavy atom. The number of ether oxygens (including phenoxy) is 1. The van der Waals surface area contributed by atoms with Gasteiger partial charge in [0, 0.05) is 6.26 Å². The number of rotatable bonds is 4. The van der Waals surface area contributed by atoms with Gasteiger partial charge < -0.3 is 10.1 Å². The SMILES string of the molecule is CS(=O)C1(NC(=O)OCc2ccccc2)CNC1=O. The molecule has 2 N–H and O–H groups in total. The van der Waals surface area contributed by atoms with Crippen molar-refractivity contribution in [3.8, 4) is 0 Å². The molecule has 1 aromatic rings. The van der Waals surface area contributed by atoms with E-state index in [0.717, 1.165) is 5.56 Å². The summed E-state index contributed by atoms with van der Waals surface area (Å²) in [6, 6.07) is 9.16. The van der Waals surface area contributed by atoms with Gasteiger partial charge in [-0.1, -0.05) is 30.3 Å². The summed E-state index contributed by atoms with van der Waals surface area (Å²) in [6.07, 6.45) is 0.616. The normalized spacial score (nSPS) is 22.9. The molecule has 2 rings (SSSR count). The second-order valence-electron chi connectivity index (χ2n) is 4.15. The van der Waals surface area contributed by atoms with Crippen molar-refractivity contribution >= 4 is 22.8 Å². The summed E-state index contributed by atoms with van der Waals surface area (Å²) in [7, 11) is -1.50. The van der Waals surface area contributed by atoms with E-state index in [0.29, 0.717) is 0 Å². The Morgan fingerprint density at radius 2 is 2.16 bits per heavy atom.